The fourth-order valence-electron chi connectivity index (χ4n) is 3.92. The third-order valence-electron chi connectivity index (χ3n) is 5.59. The van der Waals surface area contributed by atoms with Crippen molar-refractivity contribution >= 4 is 34.5 Å². The Hall–Kier alpha value is -3.70. The average molecular weight is 461 g/mol. The van der Waals surface area contributed by atoms with Crippen LogP contribution in [0.1, 0.15) is 22.6 Å². The van der Waals surface area contributed by atoms with Gasteiger partial charge in [-0.2, -0.15) is 0 Å². The number of ether oxygens (including phenoxy) is 2. The van der Waals surface area contributed by atoms with Crippen molar-refractivity contribution < 1.29 is 14.3 Å². The van der Waals surface area contributed by atoms with Gasteiger partial charge in [0.2, 0.25) is 5.91 Å². The largest absolute Gasteiger partial charge is 0.493 e. The molecule has 0 fully saturated rings. The number of hydrogen-bond acceptors (Lipinski definition) is 3. The number of nitrogens with one attached hydrogen (secondary N) is 2. The molecule has 0 aliphatic heterocycles. The number of benzene rings is 3. The molecular formula is C27H25ClN2O3. The predicted octanol–water partition coefficient (Wildman–Crippen LogP) is 5.80. The van der Waals surface area contributed by atoms with Crippen LogP contribution in [0.15, 0.2) is 79.0 Å². The molecule has 5 nitrogen and oxygen atoms in total. The van der Waals surface area contributed by atoms with Gasteiger partial charge in [0, 0.05) is 40.7 Å². The summed E-state index contributed by atoms with van der Waals surface area (Å²) in [6.07, 6.45) is 5.25. The number of halogens is 1. The molecular weight excluding hydrogens is 436 g/mol. The van der Waals surface area contributed by atoms with Gasteiger partial charge in [-0.3, -0.25) is 4.79 Å². The lowest BCUT2D eigenvalue weighted by Crippen LogP contribution is -2.27. The maximum atomic E-state index is 12.7. The molecule has 3 aromatic carbocycles. The van der Waals surface area contributed by atoms with Crippen LogP contribution < -0.4 is 14.8 Å². The van der Waals surface area contributed by atoms with Crippen LogP contribution in [0.2, 0.25) is 5.02 Å². The molecule has 4 aromatic rings. The molecule has 4 rings (SSSR count). The van der Waals surface area contributed by atoms with Crippen LogP contribution in [0.4, 0.5) is 0 Å². The molecule has 0 aliphatic carbocycles. The number of carbonyl (C=O) groups excluding carboxylic acids is 1. The van der Waals surface area contributed by atoms with Gasteiger partial charge in [-0.15, -0.1) is 0 Å². The molecule has 0 bridgehead atoms. The minimum absolute atomic E-state index is 0.103. The quantitative estimate of drug-likeness (QED) is 0.326. The molecule has 1 unspecified atom stereocenters. The maximum Gasteiger partial charge on any atom is 0.244 e. The van der Waals surface area contributed by atoms with Gasteiger partial charge in [0.1, 0.15) is 0 Å². The smallest absolute Gasteiger partial charge is 0.244 e. The number of methoxy groups -OCH3 is 2. The van der Waals surface area contributed by atoms with Crippen molar-refractivity contribution in [1.29, 1.82) is 0 Å². The van der Waals surface area contributed by atoms with Crippen LogP contribution in [0, 0.1) is 0 Å². The average Bonchev–Trinajstić information content (AvgIpc) is 3.27. The monoisotopic (exact) mass is 460 g/mol. The van der Waals surface area contributed by atoms with E-state index < -0.39 is 0 Å². The highest BCUT2D eigenvalue weighted by atomic mass is 35.5. The number of fused-ring (bicyclic) bond motifs is 1. The number of aromatic nitrogens is 1. The van der Waals surface area contributed by atoms with Gasteiger partial charge in [0.05, 0.1) is 14.2 Å². The highest BCUT2D eigenvalue weighted by Gasteiger charge is 2.20. The molecule has 1 amide bonds. The number of H-pyrrole nitrogens is 1. The summed E-state index contributed by atoms with van der Waals surface area (Å²) in [5, 5.41) is 4.81. The Balaban J connectivity index is 1.54. The van der Waals surface area contributed by atoms with E-state index in [1.165, 1.54) is 6.08 Å². The molecule has 33 heavy (non-hydrogen) atoms. The number of amides is 1. The lowest BCUT2D eigenvalue weighted by atomic mass is 9.90. The minimum Gasteiger partial charge on any atom is -0.493 e. The zero-order valence-corrected chi connectivity index (χ0v) is 19.2. The summed E-state index contributed by atoms with van der Waals surface area (Å²) in [7, 11) is 3.17. The van der Waals surface area contributed by atoms with Crippen LogP contribution in [0.25, 0.3) is 17.0 Å². The van der Waals surface area contributed by atoms with Crippen LogP contribution in [0.5, 0.6) is 11.5 Å². The van der Waals surface area contributed by atoms with Crippen molar-refractivity contribution in [2.24, 2.45) is 0 Å². The minimum atomic E-state index is -0.193. The summed E-state index contributed by atoms with van der Waals surface area (Å²) >= 11 is 6.54. The summed E-state index contributed by atoms with van der Waals surface area (Å²) < 4.78 is 10.6. The van der Waals surface area contributed by atoms with Crippen LogP contribution in [-0.2, 0) is 4.79 Å². The van der Waals surface area contributed by atoms with Crippen molar-refractivity contribution in [1.82, 2.24) is 10.3 Å². The summed E-state index contributed by atoms with van der Waals surface area (Å²) in [4.78, 5) is 16.0. The first-order valence-electron chi connectivity index (χ1n) is 10.6. The Morgan fingerprint density at radius 1 is 1.00 bits per heavy atom. The van der Waals surface area contributed by atoms with E-state index in [9.17, 15) is 4.79 Å². The van der Waals surface area contributed by atoms with Crippen LogP contribution in [0.3, 0.4) is 0 Å². The Labute approximate surface area is 198 Å². The third kappa shape index (κ3) is 5.04. The van der Waals surface area contributed by atoms with Gasteiger partial charge in [0.15, 0.2) is 11.5 Å². The lowest BCUT2D eigenvalue weighted by Gasteiger charge is -2.19. The van der Waals surface area contributed by atoms with Gasteiger partial charge >= 0.3 is 0 Å². The first-order chi connectivity index (χ1) is 16.1. The van der Waals surface area contributed by atoms with E-state index in [0.717, 1.165) is 27.6 Å². The predicted molar refractivity (Wildman–Crippen MR) is 133 cm³/mol. The first-order valence-corrected chi connectivity index (χ1v) is 11.0. The SMILES string of the molecule is COc1ccc(C=CC(=O)NCC(c2ccccc2Cl)c2c[nH]c3ccccc23)cc1OC. The number of aromatic amines is 1. The Kier molecular flexibility index (Phi) is 7.01. The molecule has 0 saturated carbocycles. The molecule has 1 atom stereocenters. The van der Waals surface area contributed by atoms with E-state index in [0.29, 0.717) is 23.1 Å². The van der Waals surface area contributed by atoms with E-state index in [4.69, 9.17) is 21.1 Å². The molecule has 0 aliphatic rings. The highest BCUT2D eigenvalue weighted by molar-refractivity contribution is 6.31. The lowest BCUT2D eigenvalue weighted by molar-refractivity contribution is -0.116. The number of carbonyl (C=O) groups is 1. The van der Waals surface area contributed by atoms with Crippen LogP contribution in [-0.4, -0.2) is 31.7 Å². The second-order valence-electron chi connectivity index (χ2n) is 7.56. The van der Waals surface area contributed by atoms with E-state index in [1.54, 1.807) is 26.4 Å². The number of rotatable bonds is 8. The highest BCUT2D eigenvalue weighted by Crippen LogP contribution is 2.34. The van der Waals surface area contributed by atoms with E-state index in [1.807, 2.05) is 60.8 Å². The van der Waals surface area contributed by atoms with E-state index >= 15 is 0 Å². The van der Waals surface area contributed by atoms with Gasteiger partial charge < -0.3 is 19.8 Å². The van der Waals surface area contributed by atoms with Crippen molar-refractivity contribution in [3.05, 3.63) is 101 Å². The van der Waals surface area contributed by atoms with Crippen molar-refractivity contribution in [2.45, 2.75) is 5.92 Å². The second kappa shape index (κ2) is 10.3. The molecule has 168 valence electrons. The summed E-state index contributed by atoms with van der Waals surface area (Å²) in [6.45, 7) is 0.403. The summed E-state index contributed by atoms with van der Waals surface area (Å²) in [5.41, 5.74) is 3.93. The number of para-hydroxylation sites is 1. The maximum absolute atomic E-state index is 12.7. The number of hydrogen-bond donors (Lipinski definition) is 2. The molecule has 2 N–H and O–H groups in total. The molecule has 6 heteroatoms. The van der Waals surface area contributed by atoms with Crippen LogP contribution >= 0.6 is 11.6 Å². The van der Waals surface area contributed by atoms with E-state index in [2.05, 4.69) is 16.4 Å². The molecule has 0 radical (unpaired) electrons. The van der Waals surface area contributed by atoms with Gasteiger partial charge in [0.25, 0.3) is 0 Å². The topological polar surface area (TPSA) is 63.3 Å². The summed E-state index contributed by atoms with van der Waals surface area (Å²) in [5.74, 6) is 0.952. The standard InChI is InChI=1S/C27H25ClN2O3/c1-32-25-13-11-18(15-26(25)33-2)12-14-27(31)30-17-21(19-7-3-5-9-23(19)28)22-16-29-24-10-6-4-8-20(22)24/h3-16,21,29H,17H2,1-2H3,(H,30,31). The Bertz CT molecular complexity index is 1300. The molecule has 0 saturated heterocycles. The normalized spacial score (nSPS) is 12.1. The Morgan fingerprint density at radius 3 is 2.55 bits per heavy atom. The third-order valence-corrected chi connectivity index (χ3v) is 5.94. The summed E-state index contributed by atoms with van der Waals surface area (Å²) in [6, 6.07) is 21.3. The zero-order valence-electron chi connectivity index (χ0n) is 18.5. The van der Waals surface area contributed by atoms with E-state index in [-0.39, 0.29) is 11.8 Å². The zero-order chi connectivity index (χ0) is 23.2. The van der Waals surface area contributed by atoms with Crippen molar-refractivity contribution in [2.75, 3.05) is 20.8 Å². The first kappa shape index (κ1) is 22.5. The van der Waals surface area contributed by atoms with Gasteiger partial charge in [-0.05, 0) is 47.0 Å². The fourth-order valence-corrected chi connectivity index (χ4v) is 4.18. The fraction of sp³-hybridized carbons (Fsp3) is 0.148. The molecule has 1 aromatic heterocycles. The second-order valence-corrected chi connectivity index (χ2v) is 7.96. The molecule has 1 heterocycles. The molecule has 0 spiro atoms. The van der Waals surface area contributed by atoms with Gasteiger partial charge in [-0.1, -0.05) is 54.1 Å². The van der Waals surface area contributed by atoms with Crippen molar-refractivity contribution in [3.63, 3.8) is 0 Å². The van der Waals surface area contributed by atoms with Gasteiger partial charge in [-0.25, -0.2) is 0 Å². The Morgan fingerprint density at radius 2 is 1.76 bits per heavy atom. The van der Waals surface area contributed by atoms with Crippen molar-refractivity contribution in [3.8, 4) is 11.5 Å².